The molecule has 2 aromatic carbocycles. The number of nitrogens with zero attached hydrogens (tertiary/aromatic N) is 1. The summed E-state index contributed by atoms with van der Waals surface area (Å²) in [5.74, 6) is 0. The zero-order valence-electron chi connectivity index (χ0n) is 11.3. The number of benzene rings is 2. The van der Waals surface area contributed by atoms with Crippen molar-refractivity contribution in [1.29, 1.82) is 0 Å². The summed E-state index contributed by atoms with van der Waals surface area (Å²) >= 11 is 3.63. The Balaban J connectivity index is 2.18. The van der Waals surface area contributed by atoms with Gasteiger partial charge in [0.1, 0.15) is 0 Å². The van der Waals surface area contributed by atoms with Gasteiger partial charge in [-0.2, -0.15) is 0 Å². The van der Waals surface area contributed by atoms with Gasteiger partial charge in [0.25, 0.3) is 5.69 Å². The van der Waals surface area contributed by atoms with E-state index in [0.717, 1.165) is 17.5 Å². The molecule has 1 unspecified atom stereocenters. The molecule has 0 aliphatic heterocycles. The minimum Gasteiger partial charge on any atom is -0.258 e. The third kappa shape index (κ3) is 3.45. The number of nitro groups is 1. The third-order valence-electron chi connectivity index (χ3n) is 3.34. The summed E-state index contributed by atoms with van der Waals surface area (Å²) in [6, 6.07) is 15.2. The van der Waals surface area contributed by atoms with E-state index in [4.69, 9.17) is 0 Å². The first kappa shape index (κ1) is 14.7. The van der Waals surface area contributed by atoms with Gasteiger partial charge in [-0.1, -0.05) is 65.3 Å². The summed E-state index contributed by atoms with van der Waals surface area (Å²) in [6.45, 7) is 2.12. The lowest BCUT2D eigenvalue weighted by Gasteiger charge is -2.11. The van der Waals surface area contributed by atoms with Crippen LogP contribution in [0, 0.1) is 10.1 Å². The predicted molar refractivity (Wildman–Crippen MR) is 84.3 cm³/mol. The summed E-state index contributed by atoms with van der Waals surface area (Å²) in [5.41, 5.74) is 3.36. The average molecular weight is 334 g/mol. The number of hydrogen-bond donors (Lipinski definition) is 0. The van der Waals surface area contributed by atoms with Crippen LogP contribution in [0.3, 0.4) is 0 Å². The van der Waals surface area contributed by atoms with Crippen LogP contribution in [0.5, 0.6) is 0 Å². The number of rotatable bonds is 5. The zero-order valence-corrected chi connectivity index (χ0v) is 12.8. The molecule has 20 heavy (non-hydrogen) atoms. The second kappa shape index (κ2) is 6.66. The van der Waals surface area contributed by atoms with E-state index in [-0.39, 0.29) is 15.4 Å². The number of alkyl halides is 1. The van der Waals surface area contributed by atoms with Crippen LogP contribution < -0.4 is 0 Å². The maximum Gasteiger partial charge on any atom is 0.272 e. The molecule has 0 saturated carbocycles. The summed E-state index contributed by atoms with van der Waals surface area (Å²) in [5, 5.41) is 11.0. The van der Waals surface area contributed by atoms with Gasteiger partial charge in [0.2, 0.25) is 0 Å². The van der Waals surface area contributed by atoms with Crippen molar-refractivity contribution in [2.75, 3.05) is 0 Å². The molecule has 0 aromatic heterocycles. The highest BCUT2D eigenvalue weighted by atomic mass is 79.9. The quantitative estimate of drug-likeness (QED) is 0.446. The maximum absolute atomic E-state index is 11.0. The van der Waals surface area contributed by atoms with E-state index in [1.165, 1.54) is 5.56 Å². The molecule has 2 rings (SSSR count). The number of nitro benzene ring substituents is 1. The van der Waals surface area contributed by atoms with Crippen molar-refractivity contribution in [2.24, 2.45) is 0 Å². The van der Waals surface area contributed by atoms with Crippen LogP contribution in [0.25, 0.3) is 0 Å². The molecule has 0 bridgehead atoms. The van der Waals surface area contributed by atoms with Crippen molar-refractivity contribution in [2.45, 2.75) is 24.6 Å². The van der Waals surface area contributed by atoms with Crippen LogP contribution >= 0.6 is 15.9 Å². The molecule has 4 heteroatoms. The molecule has 0 heterocycles. The van der Waals surface area contributed by atoms with E-state index >= 15 is 0 Å². The summed E-state index contributed by atoms with van der Waals surface area (Å²) < 4.78 is 0. The predicted octanol–water partition coefficient (Wildman–Crippen LogP) is 4.84. The van der Waals surface area contributed by atoms with Gasteiger partial charge >= 0.3 is 0 Å². The van der Waals surface area contributed by atoms with Gasteiger partial charge in [-0.05, 0) is 24.0 Å². The highest BCUT2D eigenvalue weighted by molar-refractivity contribution is 9.09. The fourth-order valence-corrected chi connectivity index (χ4v) is 2.79. The highest BCUT2D eigenvalue weighted by Crippen LogP contribution is 2.30. The lowest BCUT2D eigenvalue weighted by molar-refractivity contribution is -0.385. The minimum atomic E-state index is -0.324. The van der Waals surface area contributed by atoms with Gasteiger partial charge < -0.3 is 0 Å². The van der Waals surface area contributed by atoms with E-state index in [2.05, 4.69) is 47.1 Å². The van der Waals surface area contributed by atoms with Crippen molar-refractivity contribution >= 4 is 21.6 Å². The molecule has 0 N–H and O–H groups in total. The highest BCUT2D eigenvalue weighted by Gasteiger charge is 2.16. The van der Waals surface area contributed by atoms with E-state index < -0.39 is 0 Å². The van der Waals surface area contributed by atoms with Crippen molar-refractivity contribution in [3.05, 3.63) is 75.3 Å². The van der Waals surface area contributed by atoms with Gasteiger partial charge in [0.15, 0.2) is 0 Å². The molecule has 0 saturated heterocycles. The SMILES string of the molecule is CCc1ccc(C(Br)Cc2ccccc2[N+](=O)[O-])cc1. The average Bonchev–Trinajstić information content (AvgIpc) is 2.47. The molecule has 0 amide bonds. The molecule has 0 aliphatic rings. The van der Waals surface area contributed by atoms with Crippen LogP contribution in [0.1, 0.15) is 28.4 Å². The van der Waals surface area contributed by atoms with E-state index in [1.807, 2.05) is 12.1 Å². The normalized spacial score (nSPS) is 12.1. The Morgan fingerprint density at radius 1 is 1.15 bits per heavy atom. The van der Waals surface area contributed by atoms with Crippen molar-refractivity contribution < 1.29 is 4.92 Å². The Morgan fingerprint density at radius 3 is 2.40 bits per heavy atom. The third-order valence-corrected chi connectivity index (χ3v) is 4.19. The largest absolute Gasteiger partial charge is 0.272 e. The molecular formula is C16H16BrNO2. The second-order valence-electron chi connectivity index (χ2n) is 4.65. The first-order valence-corrected chi connectivity index (χ1v) is 7.48. The van der Waals surface area contributed by atoms with Gasteiger partial charge in [-0.25, -0.2) is 0 Å². The topological polar surface area (TPSA) is 43.1 Å². The molecular weight excluding hydrogens is 318 g/mol. The Hall–Kier alpha value is -1.68. The molecule has 0 radical (unpaired) electrons. The van der Waals surface area contributed by atoms with Crippen molar-refractivity contribution in [1.82, 2.24) is 0 Å². The lowest BCUT2D eigenvalue weighted by atomic mass is 10.0. The summed E-state index contributed by atoms with van der Waals surface area (Å²) in [6.07, 6.45) is 1.61. The van der Waals surface area contributed by atoms with Crippen LogP contribution in [-0.2, 0) is 12.8 Å². The zero-order chi connectivity index (χ0) is 14.5. The van der Waals surface area contributed by atoms with E-state index in [0.29, 0.717) is 6.42 Å². The fourth-order valence-electron chi connectivity index (χ4n) is 2.13. The van der Waals surface area contributed by atoms with Crippen LogP contribution in [-0.4, -0.2) is 4.92 Å². The van der Waals surface area contributed by atoms with E-state index in [1.54, 1.807) is 12.1 Å². The van der Waals surface area contributed by atoms with Crippen LogP contribution in [0.15, 0.2) is 48.5 Å². The van der Waals surface area contributed by atoms with Crippen LogP contribution in [0.2, 0.25) is 0 Å². The first-order chi connectivity index (χ1) is 9.61. The monoisotopic (exact) mass is 333 g/mol. The smallest absolute Gasteiger partial charge is 0.258 e. The summed E-state index contributed by atoms with van der Waals surface area (Å²) in [4.78, 5) is 10.8. The Morgan fingerprint density at radius 2 is 1.80 bits per heavy atom. The summed E-state index contributed by atoms with van der Waals surface area (Å²) in [7, 11) is 0. The van der Waals surface area contributed by atoms with Crippen LogP contribution in [0.4, 0.5) is 5.69 Å². The Bertz CT molecular complexity index is 596. The molecule has 2 aromatic rings. The lowest BCUT2D eigenvalue weighted by Crippen LogP contribution is -2.00. The number of hydrogen-bond acceptors (Lipinski definition) is 2. The molecule has 0 fully saturated rings. The number of halogens is 1. The van der Waals surface area contributed by atoms with E-state index in [9.17, 15) is 10.1 Å². The maximum atomic E-state index is 11.0. The molecule has 0 aliphatic carbocycles. The number of para-hydroxylation sites is 1. The number of aryl methyl sites for hydroxylation is 1. The van der Waals surface area contributed by atoms with Crippen molar-refractivity contribution in [3.8, 4) is 0 Å². The molecule has 0 spiro atoms. The van der Waals surface area contributed by atoms with Gasteiger partial charge in [0.05, 0.1) is 4.92 Å². The molecule has 104 valence electrons. The Labute approximate surface area is 126 Å². The van der Waals surface area contributed by atoms with Gasteiger partial charge in [-0.15, -0.1) is 0 Å². The standard InChI is InChI=1S/C16H16BrNO2/c1-2-12-7-9-13(10-8-12)15(17)11-14-5-3-4-6-16(14)18(19)20/h3-10,15H,2,11H2,1H3. The van der Waals surface area contributed by atoms with Gasteiger partial charge in [-0.3, -0.25) is 10.1 Å². The fraction of sp³-hybridized carbons (Fsp3) is 0.250. The van der Waals surface area contributed by atoms with Crippen molar-refractivity contribution in [3.63, 3.8) is 0 Å². The molecule has 1 atom stereocenters. The minimum absolute atomic E-state index is 0.0782. The van der Waals surface area contributed by atoms with Gasteiger partial charge in [0, 0.05) is 16.5 Å². The second-order valence-corrected chi connectivity index (χ2v) is 5.76. The first-order valence-electron chi connectivity index (χ1n) is 6.57. The Kier molecular flexibility index (Phi) is 4.90. The molecule has 3 nitrogen and oxygen atoms in total.